The Kier molecular flexibility index (Phi) is 5.10. The summed E-state index contributed by atoms with van der Waals surface area (Å²) in [7, 11) is 3.18. The van der Waals surface area contributed by atoms with E-state index in [1.54, 1.807) is 26.4 Å². The Bertz CT molecular complexity index is 619. The second kappa shape index (κ2) is 6.63. The molecular formula is C15H13ClFIO2. The first-order valence-electron chi connectivity index (χ1n) is 5.87. The molecule has 106 valence electrons. The average Bonchev–Trinajstić information content (AvgIpc) is 2.46. The van der Waals surface area contributed by atoms with Gasteiger partial charge in [-0.2, -0.15) is 0 Å². The maximum Gasteiger partial charge on any atom is 0.124 e. The zero-order chi connectivity index (χ0) is 14.7. The lowest BCUT2D eigenvalue weighted by Crippen LogP contribution is -2.00. The van der Waals surface area contributed by atoms with Crippen molar-refractivity contribution in [1.29, 1.82) is 0 Å². The standard InChI is InChI=1S/C15H13ClFIO2/c1-19-10-4-6-14(20-2)12(8-10)15(16)11-5-3-9(17)7-13(11)18/h3-8,15H,1-2H3. The molecule has 20 heavy (non-hydrogen) atoms. The third kappa shape index (κ3) is 3.17. The second-order valence-corrected chi connectivity index (χ2v) is 5.73. The van der Waals surface area contributed by atoms with E-state index in [0.717, 1.165) is 14.7 Å². The molecule has 0 spiro atoms. The SMILES string of the molecule is COc1ccc(OC)c(C(Cl)c2ccc(F)cc2I)c1. The Morgan fingerprint density at radius 1 is 1.05 bits per heavy atom. The Morgan fingerprint density at radius 3 is 2.40 bits per heavy atom. The predicted octanol–water partition coefficient (Wildman–Crippen LogP) is 4.78. The molecule has 0 heterocycles. The summed E-state index contributed by atoms with van der Waals surface area (Å²) in [4.78, 5) is 0. The molecule has 2 aromatic carbocycles. The summed E-state index contributed by atoms with van der Waals surface area (Å²) in [6.07, 6.45) is 0. The second-order valence-electron chi connectivity index (χ2n) is 4.14. The van der Waals surface area contributed by atoms with Gasteiger partial charge in [-0.25, -0.2) is 4.39 Å². The fourth-order valence-electron chi connectivity index (χ4n) is 1.91. The molecule has 1 atom stereocenters. The summed E-state index contributed by atoms with van der Waals surface area (Å²) in [5.41, 5.74) is 1.62. The lowest BCUT2D eigenvalue weighted by molar-refractivity contribution is 0.399. The number of methoxy groups -OCH3 is 2. The molecule has 0 aliphatic rings. The van der Waals surface area contributed by atoms with E-state index >= 15 is 0 Å². The molecule has 0 aliphatic carbocycles. The van der Waals surface area contributed by atoms with Crippen LogP contribution in [0.5, 0.6) is 11.5 Å². The first-order chi connectivity index (χ1) is 9.56. The number of hydrogen-bond acceptors (Lipinski definition) is 2. The highest BCUT2D eigenvalue weighted by Crippen LogP contribution is 2.38. The first kappa shape index (κ1) is 15.4. The van der Waals surface area contributed by atoms with Crippen molar-refractivity contribution in [3.05, 3.63) is 56.9 Å². The van der Waals surface area contributed by atoms with Crippen molar-refractivity contribution < 1.29 is 13.9 Å². The molecule has 2 aromatic rings. The molecule has 0 fully saturated rings. The maximum atomic E-state index is 13.2. The fourth-order valence-corrected chi connectivity index (χ4v) is 3.25. The van der Waals surface area contributed by atoms with Crippen LogP contribution < -0.4 is 9.47 Å². The molecule has 1 unspecified atom stereocenters. The van der Waals surface area contributed by atoms with Gasteiger partial charge in [0.1, 0.15) is 17.3 Å². The van der Waals surface area contributed by atoms with Gasteiger partial charge in [-0.05, 0) is 58.5 Å². The minimum atomic E-state index is -0.437. The number of hydrogen-bond donors (Lipinski definition) is 0. The Labute approximate surface area is 136 Å². The van der Waals surface area contributed by atoms with Gasteiger partial charge in [-0.3, -0.25) is 0 Å². The van der Waals surface area contributed by atoms with Crippen molar-refractivity contribution in [3.8, 4) is 11.5 Å². The van der Waals surface area contributed by atoms with E-state index in [9.17, 15) is 4.39 Å². The number of ether oxygens (including phenoxy) is 2. The highest BCUT2D eigenvalue weighted by Gasteiger charge is 2.19. The van der Waals surface area contributed by atoms with Gasteiger partial charge in [0.05, 0.1) is 19.6 Å². The molecule has 0 aliphatic heterocycles. The molecule has 0 saturated carbocycles. The van der Waals surface area contributed by atoms with Gasteiger partial charge in [0.25, 0.3) is 0 Å². The zero-order valence-corrected chi connectivity index (χ0v) is 13.9. The van der Waals surface area contributed by atoms with Crippen molar-refractivity contribution in [3.63, 3.8) is 0 Å². The molecule has 0 aromatic heterocycles. The van der Waals surface area contributed by atoms with Crippen LogP contribution in [0.4, 0.5) is 4.39 Å². The molecule has 0 bridgehead atoms. The highest BCUT2D eigenvalue weighted by molar-refractivity contribution is 14.1. The molecule has 5 heteroatoms. The lowest BCUT2D eigenvalue weighted by atomic mass is 10.0. The van der Waals surface area contributed by atoms with Crippen molar-refractivity contribution in [1.82, 2.24) is 0 Å². The summed E-state index contributed by atoms with van der Waals surface area (Å²) >= 11 is 8.61. The number of rotatable bonds is 4. The third-order valence-electron chi connectivity index (χ3n) is 2.95. The Hall–Kier alpha value is -1.01. The van der Waals surface area contributed by atoms with Crippen molar-refractivity contribution in [2.24, 2.45) is 0 Å². The largest absolute Gasteiger partial charge is 0.497 e. The first-order valence-corrected chi connectivity index (χ1v) is 7.39. The van der Waals surface area contributed by atoms with Gasteiger partial charge in [0, 0.05) is 9.13 Å². The minimum Gasteiger partial charge on any atom is -0.497 e. The van der Waals surface area contributed by atoms with Gasteiger partial charge in [-0.15, -0.1) is 11.6 Å². The van der Waals surface area contributed by atoms with E-state index in [1.807, 2.05) is 12.1 Å². The third-order valence-corrected chi connectivity index (χ3v) is 4.35. The average molecular weight is 407 g/mol. The quantitative estimate of drug-likeness (QED) is 0.538. The van der Waals surface area contributed by atoms with E-state index in [2.05, 4.69) is 22.6 Å². The Balaban J connectivity index is 2.48. The molecule has 0 N–H and O–H groups in total. The van der Waals surface area contributed by atoms with Crippen LogP contribution in [-0.2, 0) is 0 Å². The van der Waals surface area contributed by atoms with Gasteiger partial charge < -0.3 is 9.47 Å². The zero-order valence-electron chi connectivity index (χ0n) is 11.0. The topological polar surface area (TPSA) is 18.5 Å². The molecule has 2 nitrogen and oxygen atoms in total. The predicted molar refractivity (Wildman–Crippen MR) is 86.4 cm³/mol. The number of alkyl halides is 1. The smallest absolute Gasteiger partial charge is 0.124 e. The van der Waals surface area contributed by atoms with Crippen LogP contribution in [-0.4, -0.2) is 14.2 Å². The summed E-state index contributed by atoms with van der Waals surface area (Å²) in [6.45, 7) is 0. The van der Waals surface area contributed by atoms with Crippen LogP contribution in [0.25, 0.3) is 0 Å². The van der Waals surface area contributed by atoms with Gasteiger partial charge >= 0.3 is 0 Å². The van der Waals surface area contributed by atoms with Gasteiger partial charge in [0.15, 0.2) is 0 Å². The number of benzene rings is 2. The van der Waals surface area contributed by atoms with Crippen LogP contribution in [0.1, 0.15) is 16.5 Å². The monoisotopic (exact) mass is 406 g/mol. The van der Waals surface area contributed by atoms with E-state index in [-0.39, 0.29) is 5.82 Å². The maximum absolute atomic E-state index is 13.2. The van der Waals surface area contributed by atoms with Crippen molar-refractivity contribution >= 4 is 34.2 Å². The number of halogens is 3. The van der Waals surface area contributed by atoms with E-state index in [1.165, 1.54) is 12.1 Å². The Morgan fingerprint density at radius 2 is 1.80 bits per heavy atom. The van der Waals surface area contributed by atoms with E-state index < -0.39 is 5.38 Å². The molecule has 0 saturated heterocycles. The van der Waals surface area contributed by atoms with Crippen LogP contribution in [0.2, 0.25) is 0 Å². The van der Waals surface area contributed by atoms with Gasteiger partial charge in [0.2, 0.25) is 0 Å². The normalized spacial score (nSPS) is 12.1. The fraction of sp³-hybridized carbons (Fsp3) is 0.200. The molecule has 0 amide bonds. The van der Waals surface area contributed by atoms with E-state index in [4.69, 9.17) is 21.1 Å². The molecule has 2 rings (SSSR count). The minimum absolute atomic E-state index is 0.278. The van der Waals surface area contributed by atoms with Crippen LogP contribution in [0.15, 0.2) is 36.4 Å². The highest BCUT2D eigenvalue weighted by atomic mass is 127. The summed E-state index contributed by atoms with van der Waals surface area (Å²) in [5.74, 6) is 1.09. The van der Waals surface area contributed by atoms with Crippen molar-refractivity contribution in [2.75, 3.05) is 14.2 Å². The summed E-state index contributed by atoms with van der Waals surface area (Å²) in [5, 5.41) is -0.437. The van der Waals surface area contributed by atoms with Crippen LogP contribution in [0, 0.1) is 9.39 Å². The summed E-state index contributed by atoms with van der Waals surface area (Å²) in [6, 6.07) is 9.99. The molecule has 0 radical (unpaired) electrons. The molecular weight excluding hydrogens is 394 g/mol. The van der Waals surface area contributed by atoms with E-state index in [0.29, 0.717) is 11.5 Å². The van der Waals surface area contributed by atoms with Crippen molar-refractivity contribution in [2.45, 2.75) is 5.38 Å². The van der Waals surface area contributed by atoms with Gasteiger partial charge in [-0.1, -0.05) is 6.07 Å². The van der Waals surface area contributed by atoms with Crippen LogP contribution in [0.3, 0.4) is 0 Å². The van der Waals surface area contributed by atoms with Crippen LogP contribution >= 0.6 is 34.2 Å². The summed E-state index contributed by atoms with van der Waals surface area (Å²) < 4.78 is 24.5. The lowest BCUT2D eigenvalue weighted by Gasteiger charge is -2.17.